The summed E-state index contributed by atoms with van der Waals surface area (Å²) in [5.41, 5.74) is 1.52. The number of benzene rings is 4. The molecule has 0 bridgehead atoms. The summed E-state index contributed by atoms with van der Waals surface area (Å²) in [6.07, 6.45) is -0.783. The van der Waals surface area contributed by atoms with Gasteiger partial charge in [-0.25, -0.2) is 9.00 Å². The monoisotopic (exact) mass is 563 g/mol. The number of urea groups is 1. The number of carbonyl (C=O) groups is 1. The molecule has 0 aliphatic rings. The number of amides is 2. The molecule has 1 unspecified atom stereocenters. The summed E-state index contributed by atoms with van der Waals surface area (Å²) in [5.74, 6) is 0. The zero-order valence-electron chi connectivity index (χ0n) is 18.5. The van der Waals surface area contributed by atoms with Crippen molar-refractivity contribution in [1.29, 1.82) is 0 Å². The van der Waals surface area contributed by atoms with Gasteiger partial charge in [0.25, 0.3) is 0 Å². The topological polar surface area (TPSA) is 119 Å². The predicted molar refractivity (Wildman–Crippen MR) is 145 cm³/mol. The van der Waals surface area contributed by atoms with Gasteiger partial charge in [0, 0.05) is 21.4 Å². The fraction of sp³-hybridized carbons (Fsp3) is 0.0417. The lowest BCUT2D eigenvalue weighted by Gasteiger charge is -2.24. The van der Waals surface area contributed by atoms with Gasteiger partial charge in [-0.05, 0) is 65.4 Å². The molecule has 4 N–H and O–H groups in total. The third-order valence-electron chi connectivity index (χ3n) is 4.95. The highest BCUT2D eigenvalue weighted by atomic mass is 35.5. The minimum Gasteiger partial charge on any atom is -0.323 e. The van der Waals surface area contributed by atoms with Gasteiger partial charge in [0.15, 0.2) is 11.0 Å². The number of hydrogen-bond donors (Lipinski definition) is 4. The Morgan fingerprint density at radius 3 is 2.11 bits per heavy atom. The first-order valence-corrected chi connectivity index (χ1v) is 14.1. The van der Waals surface area contributed by atoms with Crippen LogP contribution in [-0.2, 0) is 15.6 Å². The Bertz CT molecular complexity index is 1480. The van der Waals surface area contributed by atoms with Crippen molar-refractivity contribution >= 4 is 75.6 Å². The summed E-state index contributed by atoms with van der Waals surface area (Å²) < 4.78 is 26.3. The van der Waals surface area contributed by atoms with E-state index in [1.54, 1.807) is 48.5 Å². The molecular formula is C24H20Cl2N3O5PS. The molecule has 0 fully saturated rings. The van der Waals surface area contributed by atoms with E-state index >= 15 is 0 Å². The summed E-state index contributed by atoms with van der Waals surface area (Å²) in [7, 11) is -6.59. The first kappa shape index (κ1) is 26.2. The van der Waals surface area contributed by atoms with Gasteiger partial charge >= 0.3 is 13.6 Å². The standard InChI is InChI=1S/C24H20Cl2N3O5PS/c25-18-12-19(26)14-23(13-18)36(34)29(15-35(31,32)33)22-9-7-16-10-21(8-6-17(16)11-22)28-24(30)27-20-4-2-1-3-5-20/h1-14H,15H2,(H2,27,28,30)(H2,31,32,33). The number of para-hydroxylation sites is 1. The van der Waals surface area contributed by atoms with E-state index in [4.69, 9.17) is 23.2 Å². The Kier molecular flexibility index (Phi) is 8.00. The van der Waals surface area contributed by atoms with E-state index in [1.165, 1.54) is 18.2 Å². The molecule has 8 nitrogen and oxygen atoms in total. The van der Waals surface area contributed by atoms with Gasteiger partial charge in [-0.2, -0.15) is 0 Å². The van der Waals surface area contributed by atoms with Crippen molar-refractivity contribution in [2.45, 2.75) is 4.90 Å². The maximum Gasteiger partial charge on any atom is 0.345 e. The fourth-order valence-electron chi connectivity index (χ4n) is 3.43. The SMILES string of the molecule is O=C(Nc1ccccc1)Nc1ccc2cc(N(CP(=O)(O)O)S(=O)c3cc(Cl)cc(Cl)c3)ccc2c1. The number of rotatable bonds is 7. The van der Waals surface area contributed by atoms with E-state index in [-0.39, 0.29) is 14.9 Å². The highest BCUT2D eigenvalue weighted by Gasteiger charge is 2.26. The van der Waals surface area contributed by atoms with Gasteiger partial charge < -0.3 is 20.4 Å². The first-order valence-electron chi connectivity index (χ1n) is 10.4. The van der Waals surface area contributed by atoms with Crippen LogP contribution in [0.2, 0.25) is 10.0 Å². The molecule has 1 atom stereocenters. The molecule has 0 heterocycles. The van der Waals surface area contributed by atoms with Crippen LogP contribution in [0.25, 0.3) is 10.8 Å². The third-order valence-corrected chi connectivity index (χ3v) is 7.61. The van der Waals surface area contributed by atoms with Gasteiger partial charge in [0.05, 0.1) is 10.6 Å². The maximum atomic E-state index is 13.3. The molecule has 4 rings (SSSR count). The lowest BCUT2D eigenvalue weighted by atomic mass is 10.1. The highest BCUT2D eigenvalue weighted by molar-refractivity contribution is 7.87. The Labute approximate surface area is 219 Å². The quantitative estimate of drug-likeness (QED) is 0.192. The van der Waals surface area contributed by atoms with Crippen LogP contribution in [0, 0.1) is 0 Å². The van der Waals surface area contributed by atoms with Crippen LogP contribution in [0.4, 0.5) is 21.9 Å². The second-order valence-electron chi connectivity index (χ2n) is 7.73. The van der Waals surface area contributed by atoms with Crippen LogP contribution in [-0.4, -0.2) is 26.3 Å². The molecule has 0 aliphatic heterocycles. The molecule has 0 aromatic heterocycles. The molecule has 0 radical (unpaired) electrons. The van der Waals surface area contributed by atoms with E-state index < -0.39 is 30.9 Å². The van der Waals surface area contributed by atoms with Crippen molar-refractivity contribution in [3.8, 4) is 0 Å². The average Bonchev–Trinajstić information content (AvgIpc) is 2.81. The molecule has 0 aliphatic carbocycles. The summed E-state index contributed by atoms with van der Waals surface area (Å²) in [6, 6.07) is 23.1. The minimum absolute atomic E-state index is 0.199. The molecule has 0 saturated carbocycles. The molecule has 36 heavy (non-hydrogen) atoms. The van der Waals surface area contributed by atoms with Crippen LogP contribution in [0.3, 0.4) is 0 Å². The van der Waals surface area contributed by atoms with E-state index in [0.717, 1.165) is 9.69 Å². The van der Waals surface area contributed by atoms with Crippen LogP contribution in [0.15, 0.2) is 89.8 Å². The molecular weight excluding hydrogens is 544 g/mol. The summed E-state index contributed by atoms with van der Waals surface area (Å²) in [4.78, 5) is 31.8. The summed E-state index contributed by atoms with van der Waals surface area (Å²) in [6.45, 7) is 0. The van der Waals surface area contributed by atoms with Crippen molar-refractivity contribution in [1.82, 2.24) is 0 Å². The Morgan fingerprint density at radius 2 is 1.44 bits per heavy atom. The number of fused-ring (bicyclic) bond motifs is 1. The predicted octanol–water partition coefficient (Wildman–Crippen LogP) is 6.46. The zero-order valence-corrected chi connectivity index (χ0v) is 21.7. The number of nitrogens with zero attached hydrogens (tertiary/aromatic N) is 1. The van der Waals surface area contributed by atoms with E-state index in [9.17, 15) is 23.4 Å². The Hall–Kier alpha value is -2.91. The van der Waals surface area contributed by atoms with Crippen molar-refractivity contribution < 1.29 is 23.4 Å². The molecule has 4 aromatic rings. The van der Waals surface area contributed by atoms with Crippen molar-refractivity contribution in [3.63, 3.8) is 0 Å². The maximum absolute atomic E-state index is 13.3. The molecule has 0 spiro atoms. The van der Waals surface area contributed by atoms with Gasteiger partial charge in [0.1, 0.15) is 6.29 Å². The minimum atomic E-state index is -4.59. The van der Waals surface area contributed by atoms with Crippen molar-refractivity contribution in [2.24, 2.45) is 0 Å². The van der Waals surface area contributed by atoms with Crippen LogP contribution >= 0.6 is 30.8 Å². The second kappa shape index (κ2) is 11.0. The third kappa shape index (κ3) is 6.85. The highest BCUT2D eigenvalue weighted by Crippen LogP contribution is 2.39. The van der Waals surface area contributed by atoms with E-state index in [2.05, 4.69) is 10.6 Å². The normalized spacial score (nSPS) is 12.2. The van der Waals surface area contributed by atoms with E-state index in [1.807, 2.05) is 18.2 Å². The second-order valence-corrected chi connectivity index (χ2v) is 11.6. The molecule has 4 aromatic carbocycles. The largest absolute Gasteiger partial charge is 0.345 e. The molecule has 0 saturated heterocycles. The van der Waals surface area contributed by atoms with Gasteiger partial charge in [0.2, 0.25) is 0 Å². The summed E-state index contributed by atoms with van der Waals surface area (Å²) >= 11 is 12.1. The molecule has 12 heteroatoms. The fourth-order valence-corrected chi connectivity index (χ4v) is 6.47. The van der Waals surface area contributed by atoms with Crippen molar-refractivity contribution in [3.05, 3.63) is 95.0 Å². The average molecular weight is 564 g/mol. The molecule has 186 valence electrons. The Morgan fingerprint density at radius 1 is 0.833 bits per heavy atom. The zero-order chi connectivity index (χ0) is 25.9. The number of anilines is 3. The van der Waals surface area contributed by atoms with Crippen LogP contribution in [0.5, 0.6) is 0 Å². The lowest BCUT2D eigenvalue weighted by Crippen LogP contribution is -2.27. The van der Waals surface area contributed by atoms with Gasteiger partial charge in [-0.15, -0.1) is 0 Å². The van der Waals surface area contributed by atoms with Gasteiger partial charge in [-0.3, -0.25) is 8.87 Å². The van der Waals surface area contributed by atoms with E-state index in [0.29, 0.717) is 22.4 Å². The number of carbonyl (C=O) groups excluding carboxylic acids is 1. The number of halogens is 2. The first-order chi connectivity index (χ1) is 17.1. The smallest absolute Gasteiger partial charge is 0.323 e. The van der Waals surface area contributed by atoms with Crippen LogP contribution in [0.1, 0.15) is 0 Å². The van der Waals surface area contributed by atoms with Crippen molar-refractivity contribution in [2.75, 3.05) is 21.2 Å². The van der Waals surface area contributed by atoms with Crippen LogP contribution < -0.4 is 14.9 Å². The summed E-state index contributed by atoms with van der Waals surface area (Å²) in [5, 5.41) is 7.46. The molecule has 2 amide bonds. The number of hydrogen-bond acceptors (Lipinski definition) is 3. The van der Waals surface area contributed by atoms with Gasteiger partial charge in [-0.1, -0.05) is 53.5 Å². The Balaban J connectivity index is 1.60. The lowest BCUT2D eigenvalue weighted by molar-refractivity contribution is 0.262. The number of nitrogens with one attached hydrogen (secondary N) is 2.